The van der Waals surface area contributed by atoms with E-state index in [2.05, 4.69) is 0 Å². The zero-order valence-corrected chi connectivity index (χ0v) is 21.3. The topological polar surface area (TPSA) is 80.1 Å². The number of aryl methyl sites for hydroxylation is 1. The van der Waals surface area contributed by atoms with Crippen LogP contribution in [-0.4, -0.2) is 49.3 Å². The van der Waals surface area contributed by atoms with Crippen LogP contribution in [0, 0.1) is 6.92 Å². The molecule has 0 bridgehead atoms. The number of carbonyl (C=O) groups excluding carboxylic acids is 1. The van der Waals surface area contributed by atoms with Crippen molar-refractivity contribution in [3.63, 3.8) is 0 Å². The Balaban J connectivity index is 1.56. The molecule has 1 unspecified atom stereocenters. The largest absolute Gasteiger partial charge is 0.464 e. The number of nitrogens with zero attached hydrogens (tertiary/aromatic N) is 2. The molecule has 2 aromatic carbocycles. The highest BCUT2D eigenvalue weighted by molar-refractivity contribution is 7.92. The van der Waals surface area contributed by atoms with Gasteiger partial charge in [-0.3, -0.25) is 4.79 Å². The van der Waals surface area contributed by atoms with Gasteiger partial charge in [-0.25, -0.2) is 8.42 Å². The molecule has 7 nitrogen and oxygen atoms in total. The number of hydrogen-bond acceptors (Lipinski definition) is 5. The average Bonchev–Trinajstić information content (AvgIpc) is 3.55. The summed E-state index contributed by atoms with van der Waals surface area (Å²) in [6.07, 6.45) is 2.97. The second kappa shape index (κ2) is 12.2. The molecular formula is C28H32N2O5S. The highest BCUT2D eigenvalue weighted by Gasteiger charge is 2.30. The Bertz CT molecular complexity index is 1250. The summed E-state index contributed by atoms with van der Waals surface area (Å²) in [6.45, 7) is 2.88. The van der Waals surface area contributed by atoms with E-state index in [1.807, 2.05) is 79.7 Å². The summed E-state index contributed by atoms with van der Waals surface area (Å²) < 4.78 is 39.4. The van der Waals surface area contributed by atoms with Crippen LogP contribution in [0.15, 0.2) is 82.6 Å². The summed E-state index contributed by atoms with van der Waals surface area (Å²) in [7, 11) is -3.88. The van der Waals surface area contributed by atoms with E-state index in [0.29, 0.717) is 18.9 Å². The fourth-order valence-electron chi connectivity index (χ4n) is 4.13. The minimum absolute atomic E-state index is 0.131. The number of rotatable bonds is 11. The first kappa shape index (κ1) is 25.9. The van der Waals surface area contributed by atoms with E-state index >= 15 is 0 Å². The molecule has 1 fully saturated rings. The van der Waals surface area contributed by atoms with Crippen molar-refractivity contribution in [2.24, 2.45) is 0 Å². The predicted octanol–water partition coefficient (Wildman–Crippen LogP) is 4.60. The van der Waals surface area contributed by atoms with Gasteiger partial charge >= 0.3 is 0 Å². The summed E-state index contributed by atoms with van der Waals surface area (Å²) in [6, 6.07) is 22.5. The minimum Gasteiger partial charge on any atom is -0.464 e. The Labute approximate surface area is 213 Å². The predicted molar refractivity (Wildman–Crippen MR) is 139 cm³/mol. The second-order valence-corrected chi connectivity index (χ2v) is 10.8. The van der Waals surface area contributed by atoms with Gasteiger partial charge in [0.25, 0.3) is 0 Å². The number of sulfonamides is 1. The van der Waals surface area contributed by atoms with E-state index in [1.165, 1.54) is 9.71 Å². The van der Waals surface area contributed by atoms with Crippen LogP contribution < -0.4 is 0 Å². The van der Waals surface area contributed by atoms with E-state index in [9.17, 15) is 13.2 Å². The van der Waals surface area contributed by atoms with Gasteiger partial charge in [0, 0.05) is 25.1 Å². The van der Waals surface area contributed by atoms with E-state index in [4.69, 9.17) is 9.15 Å². The molecule has 1 amide bonds. The Morgan fingerprint density at radius 2 is 1.72 bits per heavy atom. The third-order valence-corrected chi connectivity index (χ3v) is 7.52. The van der Waals surface area contributed by atoms with Crippen molar-refractivity contribution in [1.29, 1.82) is 0 Å². The lowest BCUT2D eigenvalue weighted by molar-refractivity contribution is -0.133. The van der Waals surface area contributed by atoms with Gasteiger partial charge in [-0.1, -0.05) is 60.7 Å². The first-order valence-electron chi connectivity index (χ1n) is 12.1. The van der Waals surface area contributed by atoms with Crippen molar-refractivity contribution >= 4 is 22.0 Å². The average molecular weight is 509 g/mol. The standard InChI is InChI=1S/C28H32N2O5S/c1-23-14-15-27(35-23)20-29(19-25-11-6-3-7-12-25)28(31)22-30(21-26-13-8-17-34-26)36(32,33)18-16-24-9-4-2-5-10-24/h2-7,9-12,14-16,18,26H,8,13,17,19-22H2,1H3. The van der Waals surface area contributed by atoms with Crippen LogP contribution in [0.25, 0.3) is 6.08 Å². The maximum Gasteiger partial charge on any atom is 0.238 e. The molecule has 4 rings (SSSR count). The Morgan fingerprint density at radius 3 is 2.36 bits per heavy atom. The van der Waals surface area contributed by atoms with Crippen molar-refractivity contribution in [3.8, 4) is 0 Å². The first-order valence-corrected chi connectivity index (χ1v) is 13.6. The third kappa shape index (κ3) is 7.40. The number of furan rings is 1. The lowest BCUT2D eigenvalue weighted by Gasteiger charge is -2.27. The van der Waals surface area contributed by atoms with E-state index in [1.54, 1.807) is 11.0 Å². The zero-order valence-electron chi connectivity index (χ0n) is 20.5. The maximum atomic E-state index is 13.6. The van der Waals surface area contributed by atoms with Crippen LogP contribution in [0.3, 0.4) is 0 Å². The summed E-state index contributed by atoms with van der Waals surface area (Å²) in [5, 5.41) is 1.17. The summed E-state index contributed by atoms with van der Waals surface area (Å²) in [5.41, 5.74) is 1.72. The quantitative estimate of drug-likeness (QED) is 0.378. The van der Waals surface area contributed by atoms with Crippen molar-refractivity contribution in [2.75, 3.05) is 19.7 Å². The molecule has 2 heterocycles. The molecule has 1 atom stereocenters. The fourth-order valence-corrected chi connectivity index (χ4v) is 5.30. The van der Waals surface area contributed by atoms with Crippen molar-refractivity contribution in [2.45, 2.75) is 39.0 Å². The number of carbonyl (C=O) groups is 1. The van der Waals surface area contributed by atoms with Gasteiger partial charge in [0.15, 0.2) is 0 Å². The minimum atomic E-state index is -3.88. The first-order chi connectivity index (χ1) is 17.4. The number of ether oxygens (including phenoxy) is 1. The Hall–Kier alpha value is -3.20. The third-order valence-electron chi connectivity index (χ3n) is 6.05. The number of hydrogen-bond donors (Lipinski definition) is 0. The maximum absolute atomic E-state index is 13.6. The lowest BCUT2D eigenvalue weighted by Crippen LogP contribution is -2.44. The normalized spacial score (nSPS) is 16.1. The molecular weight excluding hydrogens is 476 g/mol. The molecule has 0 saturated carbocycles. The molecule has 1 aliphatic rings. The molecule has 0 radical (unpaired) electrons. The molecule has 1 aromatic heterocycles. The molecule has 3 aromatic rings. The fraction of sp³-hybridized carbons (Fsp3) is 0.321. The van der Waals surface area contributed by atoms with Crippen LogP contribution >= 0.6 is 0 Å². The molecule has 36 heavy (non-hydrogen) atoms. The molecule has 0 N–H and O–H groups in total. The second-order valence-electron chi connectivity index (χ2n) is 8.93. The van der Waals surface area contributed by atoms with Gasteiger partial charge in [0.2, 0.25) is 15.9 Å². The molecule has 8 heteroatoms. The van der Waals surface area contributed by atoms with Gasteiger partial charge in [-0.15, -0.1) is 0 Å². The zero-order chi connectivity index (χ0) is 25.4. The molecule has 1 saturated heterocycles. The van der Waals surface area contributed by atoms with Crippen molar-refractivity contribution in [3.05, 3.63) is 101 Å². The van der Waals surface area contributed by atoms with Gasteiger partial charge in [-0.2, -0.15) is 4.31 Å². The highest BCUT2D eigenvalue weighted by Crippen LogP contribution is 2.19. The Kier molecular flexibility index (Phi) is 8.74. The number of amides is 1. The van der Waals surface area contributed by atoms with Crippen LogP contribution in [0.4, 0.5) is 0 Å². The van der Waals surface area contributed by atoms with E-state index in [-0.39, 0.29) is 31.6 Å². The monoisotopic (exact) mass is 508 g/mol. The highest BCUT2D eigenvalue weighted by atomic mass is 32.2. The summed E-state index contributed by atoms with van der Waals surface area (Å²) in [4.78, 5) is 15.2. The van der Waals surface area contributed by atoms with Crippen molar-refractivity contribution < 1.29 is 22.4 Å². The van der Waals surface area contributed by atoms with Gasteiger partial charge in [-0.05, 0) is 49.1 Å². The molecule has 1 aliphatic heterocycles. The summed E-state index contributed by atoms with van der Waals surface area (Å²) in [5.74, 6) is 1.10. The summed E-state index contributed by atoms with van der Waals surface area (Å²) >= 11 is 0. The van der Waals surface area contributed by atoms with Crippen molar-refractivity contribution in [1.82, 2.24) is 9.21 Å². The molecule has 0 aliphatic carbocycles. The molecule has 0 spiro atoms. The molecule has 190 valence electrons. The van der Waals surface area contributed by atoms with E-state index in [0.717, 1.165) is 29.7 Å². The van der Waals surface area contributed by atoms with Crippen LogP contribution in [-0.2, 0) is 32.6 Å². The number of benzene rings is 2. The van der Waals surface area contributed by atoms with Crippen LogP contribution in [0.2, 0.25) is 0 Å². The SMILES string of the molecule is Cc1ccc(CN(Cc2ccccc2)C(=O)CN(CC2CCCO2)S(=O)(=O)C=Cc2ccccc2)o1. The van der Waals surface area contributed by atoms with Crippen LogP contribution in [0.1, 0.15) is 35.5 Å². The van der Waals surface area contributed by atoms with Crippen LogP contribution in [0.5, 0.6) is 0 Å². The smallest absolute Gasteiger partial charge is 0.238 e. The van der Waals surface area contributed by atoms with Gasteiger partial charge < -0.3 is 14.1 Å². The Morgan fingerprint density at radius 1 is 1.00 bits per heavy atom. The van der Waals surface area contributed by atoms with E-state index < -0.39 is 10.0 Å². The lowest BCUT2D eigenvalue weighted by atomic mass is 10.2. The van der Waals surface area contributed by atoms with Gasteiger partial charge in [0.05, 0.1) is 19.2 Å². The van der Waals surface area contributed by atoms with Gasteiger partial charge in [0.1, 0.15) is 11.5 Å².